The van der Waals surface area contributed by atoms with E-state index in [0.717, 1.165) is 12.0 Å². The van der Waals surface area contributed by atoms with Crippen molar-refractivity contribution in [3.05, 3.63) is 23.8 Å². The number of rotatable bonds is 5. The molecule has 0 saturated heterocycles. The molecular formula is C12H14BrF3O2. The highest BCUT2D eigenvalue weighted by Gasteiger charge is 2.38. The van der Waals surface area contributed by atoms with Gasteiger partial charge in [-0.2, -0.15) is 13.2 Å². The molecule has 6 heteroatoms. The summed E-state index contributed by atoms with van der Waals surface area (Å²) >= 11 is 2.54. The molecule has 1 aromatic carbocycles. The lowest BCUT2D eigenvalue weighted by Crippen LogP contribution is -2.28. The Morgan fingerprint density at radius 2 is 1.94 bits per heavy atom. The van der Waals surface area contributed by atoms with Gasteiger partial charge in [-0.1, -0.05) is 28.9 Å². The Kier molecular flexibility index (Phi) is 5.31. The van der Waals surface area contributed by atoms with Crippen LogP contribution >= 0.6 is 15.9 Å². The minimum absolute atomic E-state index is 0.309. The number of alkyl halides is 4. The molecule has 2 nitrogen and oxygen atoms in total. The highest BCUT2D eigenvalue weighted by atomic mass is 79.9. The van der Waals surface area contributed by atoms with Crippen molar-refractivity contribution < 1.29 is 22.6 Å². The standard InChI is InChI=1S/C12H14BrF3O2/c1-3-8-4-5-9(10(6-8)17-2)18-7-11(13)12(14,15)16/h4-6,11H,3,7H2,1-2H3. The van der Waals surface area contributed by atoms with Crippen molar-refractivity contribution in [3.8, 4) is 11.5 Å². The van der Waals surface area contributed by atoms with Crippen molar-refractivity contribution in [1.82, 2.24) is 0 Å². The minimum Gasteiger partial charge on any atom is -0.493 e. The van der Waals surface area contributed by atoms with E-state index in [-0.39, 0.29) is 0 Å². The van der Waals surface area contributed by atoms with Gasteiger partial charge in [-0.05, 0) is 24.1 Å². The monoisotopic (exact) mass is 326 g/mol. The summed E-state index contributed by atoms with van der Waals surface area (Å²) in [5.74, 6) is 0.750. The Labute approximate surface area is 112 Å². The van der Waals surface area contributed by atoms with Gasteiger partial charge in [0.25, 0.3) is 0 Å². The van der Waals surface area contributed by atoms with Crippen LogP contribution in [0.1, 0.15) is 12.5 Å². The predicted octanol–water partition coefficient (Wildman–Crippen LogP) is 3.96. The normalized spacial score (nSPS) is 13.2. The number of aryl methyl sites for hydroxylation is 1. The van der Waals surface area contributed by atoms with Gasteiger partial charge >= 0.3 is 6.18 Å². The van der Waals surface area contributed by atoms with Crippen LogP contribution in [0.5, 0.6) is 11.5 Å². The molecule has 0 heterocycles. The van der Waals surface area contributed by atoms with Crippen LogP contribution in [0.15, 0.2) is 18.2 Å². The van der Waals surface area contributed by atoms with Crippen molar-refractivity contribution in [2.45, 2.75) is 24.3 Å². The summed E-state index contributed by atoms with van der Waals surface area (Å²) in [6.45, 7) is 1.48. The van der Waals surface area contributed by atoms with E-state index in [1.54, 1.807) is 18.2 Å². The zero-order valence-corrected chi connectivity index (χ0v) is 11.6. The Bertz CT molecular complexity index is 393. The average Bonchev–Trinajstić information content (AvgIpc) is 2.34. The van der Waals surface area contributed by atoms with Gasteiger partial charge in [-0.3, -0.25) is 0 Å². The molecule has 0 aliphatic carbocycles. The summed E-state index contributed by atoms with van der Waals surface area (Å²) in [6, 6.07) is 5.18. The smallest absolute Gasteiger partial charge is 0.404 e. The number of halogens is 4. The summed E-state index contributed by atoms with van der Waals surface area (Å²) in [4.78, 5) is -1.69. The molecule has 102 valence electrons. The maximum atomic E-state index is 12.3. The Hall–Kier alpha value is -0.910. The third-order valence-electron chi connectivity index (χ3n) is 2.38. The largest absolute Gasteiger partial charge is 0.493 e. The first kappa shape index (κ1) is 15.1. The topological polar surface area (TPSA) is 18.5 Å². The molecule has 0 aromatic heterocycles. The molecule has 0 aliphatic heterocycles. The molecule has 1 aromatic rings. The van der Waals surface area contributed by atoms with Crippen LogP contribution in [-0.4, -0.2) is 24.7 Å². The second-order valence-electron chi connectivity index (χ2n) is 3.66. The number of hydrogen-bond acceptors (Lipinski definition) is 2. The second kappa shape index (κ2) is 6.31. The lowest BCUT2D eigenvalue weighted by Gasteiger charge is -2.16. The van der Waals surface area contributed by atoms with E-state index >= 15 is 0 Å². The summed E-state index contributed by atoms with van der Waals surface area (Å²) < 4.78 is 47.1. The fourth-order valence-corrected chi connectivity index (χ4v) is 1.44. The van der Waals surface area contributed by atoms with Crippen molar-refractivity contribution in [2.75, 3.05) is 13.7 Å². The Balaban J connectivity index is 2.73. The molecule has 0 saturated carbocycles. The molecule has 0 N–H and O–H groups in total. The van der Waals surface area contributed by atoms with E-state index in [9.17, 15) is 13.2 Å². The van der Waals surface area contributed by atoms with Crippen LogP contribution in [0.3, 0.4) is 0 Å². The lowest BCUT2D eigenvalue weighted by atomic mass is 10.1. The SMILES string of the molecule is CCc1ccc(OCC(Br)C(F)(F)F)c(OC)c1. The van der Waals surface area contributed by atoms with Crippen molar-refractivity contribution in [3.63, 3.8) is 0 Å². The fourth-order valence-electron chi connectivity index (χ4n) is 1.31. The molecule has 1 atom stereocenters. The van der Waals surface area contributed by atoms with E-state index < -0.39 is 17.6 Å². The molecule has 1 unspecified atom stereocenters. The Morgan fingerprint density at radius 1 is 1.28 bits per heavy atom. The number of methoxy groups -OCH3 is 1. The van der Waals surface area contributed by atoms with Gasteiger partial charge in [0.05, 0.1) is 7.11 Å². The van der Waals surface area contributed by atoms with E-state index in [4.69, 9.17) is 9.47 Å². The minimum atomic E-state index is -4.32. The molecule has 0 bridgehead atoms. The first-order valence-corrected chi connectivity index (χ1v) is 6.30. The van der Waals surface area contributed by atoms with Crippen LogP contribution < -0.4 is 9.47 Å². The molecule has 18 heavy (non-hydrogen) atoms. The molecule has 0 fully saturated rings. The van der Waals surface area contributed by atoms with Crippen LogP contribution in [0.4, 0.5) is 13.2 Å². The van der Waals surface area contributed by atoms with Gasteiger partial charge in [0, 0.05) is 0 Å². The highest BCUT2D eigenvalue weighted by Crippen LogP contribution is 2.31. The van der Waals surface area contributed by atoms with Crippen molar-refractivity contribution in [1.29, 1.82) is 0 Å². The third-order valence-corrected chi connectivity index (χ3v) is 3.16. The van der Waals surface area contributed by atoms with Gasteiger partial charge in [-0.15, -0.1) is 0 Å². The Morgan fingerprint density at radius 3 is 2.44 bits per heavy atom. The zero-order valence-electron chi connectivity index (χ0n) is 10.1. The summed E-state index contributed by atoms with van der Waals surface area (Å²) in [7, 11) is 1.46. The third kappa shape index (κ3) is 4.08. The van der Waals surface area contributed by atoms with Gasteiger partial charge in [0.15, 0.2) is 11.5 Å². The molecule has 0 spiro atoms. The van der Waals surface area contributed by atoms with E-state index in [2.05, 4.69) is 15.9 Å². The van der Waals surface area contributed by atoms with Crippen LogP contribution in [0.2, 0.25) is 0 Å². The average molecular weight is 327 g/mol. The number of hydrogen-bond donors (Lipinski definition) is 0. The van der Waals surface area contributed by atoms with E-state index in [1.165, 1.54) is 7.11 Å². The second-order valence-corrected chi connectivity index (χ2v) is 4.76. The maximum Gasteiger partial charge on any atom is 0.404 e. The molecule has 0 aliphatic rings. The lowest BCUT2D eigenvalue weighted by molar-refractivity contribution is -0.132. The van der Waals surface area contributed by atoms with Crippen LogP contribution in [-0.2, 0) is 6.42 Å². The molecule has 0 radical (unpaired) electrons. The van der Waals surface area contributed by atoms with Gasteiger partial charge < -0.3 is 9.47 Å². The van der Waals surface area contributed by atoms with Crippen LogP contribution in [0, 0.1) is 0 Å². The first-order valence-electron chi connectivity index (χ1n) is 5.39. The van der Waals surface area contributed by atoms with Crippen molar-refractivity contribution in [2.24, 2.45) is 0 Å². The van der Waals surface area contributed by atoms with Gasteiger partial charge in [0.2, 0.25) is 0 Å². The van der Waals surface area contributed by atoms with E-state index in [1.807, 2.05) is 6.92 Å². The highest BCUT2D eigenvalue weighted by molar-refractivity contribution is 9.09. The quantitative estimate of drug-likeness (QED) is 0.762. The van der Waals surface area contributed by atoms with E-state index in [0.29, 0.717) is 11.5 Å². The fraction of sp³-hybridized carbons (Fsp3) is 0.500. The van der Waals surface area contributed by atoms with Crippen LogP contribution in [0.25, 0.3) is 0 Å². The summed E-state index contributed by atoms with van der Waals surface area (Å²) in [5.41, 5.74) is 1.03. The maximum absolute atomic E-state index is 12.3. The molecule has 1 rings (SSSR count). The molecule has 0 amide bonds. The summed E-state index contributed by atoms with van der Waals surface area (Å²) in [6.07, 6.45) is -3.50. The number of benzene rings is 1. The summed E-state index contributed by atoms with van der Waals surface area (Å²) in [5, 5.41) is 0. The van der Waals surface area contributed by atoms with Gasteiger partial charge in [0.1, 0.15) is 11.4 Å². The van der Waals surface area contributed by atoms with Crippen molar-refractivity contribution >= 4 is 15.9 Å². The first-order chi connectivity index (χ1) is 8.38. The molecular weight excluding hydrogens is 313 g/mol. The van der Waals surface area contributed by atoms with Gasteiger partial charge in [-0.25, -0.2) is 0 Å². The zero-order chi connectivity index (χ0) is 13.8. The predicted molar refractivity (Wildman–Crippen MR) is 66.6 cm³/mol. The number of ether oxygens (including phenoxy) is 2.